The van der Waals surface area contributed by atoms with E-state index in [1.54, 1.807) is 6.92 Å². The van der Waals surface area contributed by atoms with Gasteiger partial charge in [0.1, 0.15) is 5.75 Å². The van der Waals surface area contributed by atoms with E-state index in [0.717, 1.165) is 0 Å². The Morgan fingerprint density at radius 3 is 2.24 bits per heavy atom. The summed E-state index contributed by atoms with van der Waals surface area (Å²) in [7, 11) is 0. The molecule has 0 heterocycles. The molecule has 0 aliphatic carbocycles. The van der Waals surface area contributed by atoms with Crippen LogP contribution in [0.2, 0.25) is 0 Å². The lowest BCUT2D eigenvalue weighted by Gasteiger charge is -2.20. The van der Waals surface area contributed by atoms with E-state index in [1.807, 2.05) is 24.3 Å². The first-order valence-electron chi connectivity index (χ1n) is 5.59. The van der Waals surface area contributed by atoms with Crippen molar-refractivity contribution in [3.05, 3.63) is 29.8 Å². The van der Waals surface area contributed by atoms with Crippen LogP contribution in [0.4, 0.5) is 0 Å². The second kappa shape index (κ2) is 5.08. The molecule has 1 atom stereocenters. The zero-order valence-electron chi connectivity index (χ0n) is 10.8. The SMILES string of the molecule is CC(Oc1ccc(C(C)(C)C)cc1)C(N)=NO. The van der Waals surface area contributed by atoms with Crippen LogP contribution in [-0.2, 0) is 5.41 Å². The van der Waals surface area contributed by atoms with Gasteiger partial charge in [0.15, 0.2) is 11.9 Å². The zero-order valence-corrected chi connectivity index (χ0v) is 10.8. The van der Waals surface area contributed by atoms with Crippen molar-refractivity contribution in [2.24, 2.45) is 10.9 Å². The molecule has 4 nitrogen and oxygen atoms in total. The number of benzene rings is 1. The summed E-state index contributed by atoms with van der Waals surface area (Å²) in [4.78, 5) is 0. The van der Waals surface area contributed by atoms with Gasteiger partial charge in [0.25, 0.3) is 0 Å². The minimum absolute atomic E-state index is 0.0601. The number of oxime groups is 1. The molecule has 3 N–H and O–H groups in total. The average molecular weight is 236 g/mol. The van der Waals surface area contributed by atoms with E-state index in [9.17, 15) is 0 Å². The first kappa shape index (κ1) is 13.4. The van der Waals surface area contributed by atoms with E-state index in [0.29, 0.717) is 5.75 Å². The number of ether oxygens (including phenoxy) is 1. The van der Waals surface area contributed by atoms with Crippen LogP contribution in [0, 0.1) is 0 Å². The Hall–Kier alpha value is -1.71. The molecule has 0 fully saturated rings. The molecular weight excluding hydrogens is 216 g/mol. The van der Waals surface area contributed by atoms with Crippen molar-refractivity contribution < 1.29 is 9.94 Å². The van der Waals surface area contributed by atoms with Crippen molar-refractivity contribution in [2.75, 3.05) is 0 Å². The predicted octanol–water partition coefficient (Wildman–Crippen LogP) is 2.50. The van der Waals surface area contributed by atoms with Gasteiger partial charge in [-0.25, -0.2) is 0 Å². The second-order valence-corrected chi connectivity index (χ2v) is 5.06. The number of amidine groups is 1. The first-order valence-corrected chi connectivity index (χ1v) is 5.59. The lowest BCUT2D eigenvalue weighted by atomic mass is 9.87. The van der Waals surface area contributed by atoms with Gasteiger partial charge in [-0.2, -0.15) is 0 Å². The second-order valence-electron chi connectivity index (χ2n) is 5.06. The molecule has 0 saturated carbocycles. The van der Waals surface area contributed by atoms with Crippen LogP contribution < -0.4 is 10.5 Å². The monoisotopic (exact) mass is 236 g/mol. The summed E-state index contributed by atoms with van der Waals surface area (Å²) in [5.41, 5.74) is 6.80. The summed E-state index contributed by atoms with van der Waals surface area (Å²) in [5, 5.41) is 11.4. The molecule has 0 aliphatic heterocycles. The fourth-order valence-electron chi connectivity index (χ4n) is 1.38. The Morgan fingerprint density at radius 1 is 1.29 bits per heavy atom. The van der Waals surface area contributed by atoms with Gasteiger partial charge in [-0.05, 0) is 30.0 Å². The molecule has 0 bridgehead atoms. The van der Waals surface area contributed by atoms with E-state index in [4.69, 9.17) is 15.7 Å². The van der Waals surface area contributed by atoms with E-state index in [-0.39, 0.29) is 11.3 Å². The lowest BCUT2D eigenvalue weighted by molar-refractivity contribution is 0.265. The Balaban J connectivity index is 2.76. The topological polar surface area (TPSA) is 67.8 Å². The van der Waals surface area contributed by atoms with E-state index < -0.39 is 6.10 Å². The number of hydrogen-bond acceptors (Lipinski definition) is 3. The van der Waals surface area contributed by atoms with E-state index >= 15 is 0 Å². The fourth-order valence-corrected chi connectivity index (χ4v) is 1.38. The molecule has 0 radical (unpaired) electrons. The van der Waals surface area contributed by atoms with Crippen LogP contribution in [0.25, 0.3) is 0 Å². The molecule has 0 aromatic heterocycles. The summed E-state index contributed by atoms with van der Waals surface area (Å²) in [6.45, 7) is 8.19. The van der Waals surface area contributed by atoms with Gasteiger partial charge in [-0.1, -0.05) is 38.1 Å². The molecule has 0 aliphatic rings. The van der Waals surface area contributed by atoms with Crippen LogP contribution in [0.3, 0.4) is 0 Å². The van der Waals surface area contributed by atoms with Gasteiger partial charge in [-0.3, -0.25) is 0 Å². The molecule has 1 aromatic rings. The predicted molar refractivity (Wildman–Crippen MR) is 68.6 cm³/mol. The van der Waals surface area contributed by atoms with Crippen LogP contribution in [0.15, 0.2) is 29.4 Å². The van der Waals surface area contributed by atoms with Crippen molar-refractivity contribution in [1.82, 2.24) is 0 Å². The minimum atomic E-state index is -0.444. The van der Waals surface area contributed by atoms with Gasteiger partial charge in [0.05, 0.1) is 0 Å². The van der Waals surface area contributed by atoms with Crippen LogP contribution in [0.1, 0.15) is 33.3 Å². The highest BCUT2D eigenvalue weighted by Gasteiger charge is 2.14. The highest BCUT2D eigenvalue weighted by Crippen LogP contribution is 2.24. The smallest absolute Gasteiger partial charge is 0.180 e. The van der Waals surface area contributed by atoms with Crippen LogP contribution in [-0.4, -0.2) is 17.1 Å². The third-order valence-corrected chi connectivity index (χ3v) is 2.57. The van der Waals surface area contributed by atoms with Crippen LogP contribution in [0.5, 0.6) is 5.75 Å². The molecule has 1 rings (SSSR count). The number of hydrogen-bond donors (Lipinski definition) is 2. The quantitative estimate of drug-likeness (QED) is 0.367. The van der Waals surface area contributed by atoms with Gasteiger partial charge in [0, 0.05) is 0 Å². The number of rotatable bonds is 3. The maximum atomic E-state index is 8.52. The normalized spacial score (nSPS) is 14.5. The van der Waals surface area contributed by atoms with E-state index in [1.165, 1.54) is 5.56 Å². The highest BCUT2D eigenvalue weighted by molar-refractivity contribution is 5.84. The molecule has 94 valence electrons. The van der Waals surface area contributed by atoms with Crippen molar-refractivity contribution in [3.63, 3.8) is 0 Å². The molecule has 17 heavy (non-hydrogen) atoms. The number of nitrogens with two attached hydrogens (primary N) is 1. The molecular formula is C13H20N2O2. The summed E-state index contributed by atoms with van der Waals surface area (Å²) in [5.74, 6) is 0.766. The largest absolute Gasteiger partial charge is 0.483 e. The van der Waals surface area contributed by atoms with Crippen molar-refractivity contribution in [3.8, 4) is 5.75 Å². The maximum absolute atomic E-state index is 8.52. The summed E-state index contributed by atoms with van der Waals surface area (Å²) in [6.07, 6.45) is -0.444. The van der Waals surface area contributed by atoms with Crippen molar-refractivity contribution in [1.29, 1.82) is 0 Å². The van der Waals surface area contributed by atoms with Gasteiger partial charge < -0.3 is 15.7 Å². The first-order chi connectivity index (χ1) is 7.84. The molecule has 1 aromatic carbocycles. The molecule has 0 saturated heterocycles. The van der Waals surface area contributed by atoms with Crippen molar-refractivity contribution in [2.45, 2.75) is 39.2 Å². The third kappa shape index (κ3) is 3.66. The van der Waals surface area contributed by atoms with Gasteiger partial charge in [-0.15, -0.1) is 0 Å². The maximum Gasteiger partial charge on any atom is 0.180 e. The molecule has 4 heteroatoms. The Bertz CT molecular complexity index is 391. The summed E-state index contributed by atoms with van der Waals surface area (Å²) >= 11 is 0. The fraction of sp³-hybridized carbons (Fsp3) is 0.462. The summed E-state index contributed by atoms with van der Waals surface area (Å²) in [6, 6.07) is 7.83. The zero-order chi connectivity index (χ0) is 13.1. The van der Waals surface area contributed by atoms with Crippen LogP contribution >= 0.6 is 0 Å². The highest BCUT2D eigenvalue weighted by atomic mass is 16.5. The Kier molecular flexibility index (Phi) is 3.99. The molecule has 1 unspecified atom stereocenters. The lowest BCUT2D eigenvalue weighted by Crippen LogP contribution is -2.31. The third-order valence-electron chi connectivity index (χ3n) is 2.57. The van der Waals surface area contributed by atoms with E-state index in [2.05, 4.69) is 25.9 Å². The van der Waals surface area contributed by atoms with Gasteiger partial charge in [0.2, 0.25) is 0 Å². The Morgan fingerprint density at radius 2 is 1.82 bits per heavy atom. The van der Waals surface area contributed by atoms with Gasteiger partial charge >= 0.3 is 0 Å². The average Bonchev–Trinajstić information content (AvgIpc) is 2.27. The molecule has 0 amide bonds. The summed E-state index contributed by atoms with van der Waals surface area (Å²) < 4.78 is 5.52. The minimum Gasteiger partial charge on any atom is -0.483 e. The number of nitrogens with zero attached hydrogens (tertiary/aromatic N) is 1. The Labute approximate surface area is 102 Å². The standard InChI is InChI=1S/C13H20N2O2/c1-9(12(14)15-16)17-11-7-5-10(6-8-11)13(2,3)4/h5-9,16H,1-4H3,(H2,14,15). The molecule has 0 spiro atoms. The van der Waals surface area contributed by atoms with Crippen molar-refractivity contribution >= 4 is 5.84 Å².